The maximum absolute atomic E-state index is 12.6. The highest BCUT2D eigenvalue weighted by atomic mass is 32.2. The van der Waals surface area contributed by atoms with Crippen LogP contribution in [0.5, 0.6) is 0 Å². The Hall–Kier alpha value is -2.38. The van der Waals surface area contributed by atoms with Gasteiger partial charge in [-0.2, -0.15) is 4.31 Å². The van der Waals surface area contributed by atoms with Crippen LogP contribution in [0.25, 0.3) is 0 Å². The summed E-state index contributed by atoms with van der Waals surface area (Å²) in [6, 6.07) is 17.8. The van der Waals surface area contributed by atoms with E-state index < -0.39 is 16.1 Å². The third-order valence-electron chi connectivity index (χ3n) is 4.08. The molecule has 3 rings (SSSR count). The van der Waals surface area contributed by atoms with Gasteiger partial charge in [-0.1, -0.05) is 48.5 Å². The molecule has 0 N–H and O–H groups in total. The van der Waals surface area contributed by atoms with Gasteiger partial charge in [-0.05, 0) is 17.7 Å². The van der Waals surface area contributed by atoms with Crippen molar-refractivity contribution in [3.8, 4) is 0 Å². The van der Waals surface area contributed by atoms with Crippen molar-refractivity contribution in [2.24, 2.45) is 0 Å². The first-order valence-electron chi connectivity index (χ1n) is 8.08. The van der Waals surface area contributed by atoms with Gasteiger partial charge in [-0.3, -0.25) is 0 Å². The van der Waals surface area contributed by atoms with Crippen LogP contribution in [-0.2, 0) is 21.4 Å². The van der Waals surface area contributed by atoms with Gasteiger partial charge in [-0.15, -0.1) is 0 Å². The average molecular weight is 360 g/mol. The number of ether oxygens (including phenoxy) is 1. The Morgan fingerprint density at radius 1 is 0.880 bits per heavy atom. The first-order valence-corrected chi connectivity index (χ1v) is 9.52. The molecule has 0 radical (unpaired) electrons. The minimum absolute atomic E-state index is 0.211. The fourth-order valence-corrected chi connectivity index (χ4v) is 4.11. The molecule has 132 valence electrons. The first-order chi connectivity index (χ1) is 12.1. The second kappa shape index (κ2) is 7.67. The van der Waals surface area contributed by atoms with Crippen molar-refractivity contribution in [1.29, 1.82) is 0 Å². The third-order valence-corrected chi connectivity index (χ3v) is 6.00. The second-order valence-corrected chi connectivity index (χ2v) is 7.68. The van der Waals surface area contributed by atoms with E-state index in [9.17, 15) is 13.2 Å². The molecule has 2 aromatic carbocycles. The molecule has 1 fully saturated rings. The molecule has 1 heterocycles. The lowest BCUT2D eigenvalue weighted by Crippen LogP contribution is -2.50. The lowest BCUT2D eigenvalue weighted by Gasteiger charge is -2.33. The number of piperazine rings is 1. The van der Waals surface area contributed by atoms with Crippen LogP contribution >= 0.6 is 0 Å². The Morgan fingerprint density at radius 2 is 1.44 bits per heavy atom. The van der Waals surface area contributed by atoms with Crippen molar-refractivity contribution in [3.63, 3.8) is 0 Å². The lowest BCUT2D eigenvalue weighted by atomic mass is 10.2. The van der Waals surface area contributed by atoms with Crippen LogP contribution < -0.4 is 0 Å². The van der Waals surface area contributed by atoms with Gasteiger partial charge in [0.25, 0.3) is 0 Å². The summed E-state index contributed by atoms with van der Waals surface area (Å²) in [7, 11) is -3.51. The van der Waals surface area contributed by atoms with E-state index in [0.717, 1.165) is 5.56 Å². The molecule has 2 aromatic rings. The zero-order chi connectivity index (χ0) is 17.7. The van der Waals surface area contributed by atoms with Gasteiger partial charge in [0.05, 0.1) is 4.90 Å². The molecule has 7 heteroatoms. The minimum atomic E-state index is -3.51. The maximum Gasteiger partial charge on any atom is 0.410 e. The molecule has 1 amide bonds. The molecule has 6 nitrogen and oxygen atoms in total. The van der Waals surface area contributed by atoms with Crippen LogP contribution in [0.2, 0.25) is 0 Å². The molecule has 0 spiro atoms. The molecule has 0 aromatic heterocycles. The highest BCUT2D eigenvalue weighted by molar-refractivity contribution is 7.89. The summed E-state index contributed by atoms with van der Waals surface area (Å²) in [5.41, 5.74) is 0.918. The molecule has 1 aliphatic heterocycles. The minimum Gasteiger partial charge on any atom is -0.445 e. The fraction of sp³-hybridized carbons (Fsp3) is 0.278. The van der Waals surface area contributed by atoms with Crippen LogP contribution in [0.4, 0.5) is 4.79 Å². The van der Waals surface area contributed by atoms with Crippen molar-refractivity contribution in [2.75, 3.05) is 26.2 Å². The van der Waals surface area contributed by atoms with Crippen LogP contribution in [-0.4, -0.2) is 49.9 Å². The Morgan fingerprint density at radius 3 is 2.04 bits per heavy atom. The van der Waals surface area contributed by atoms with Gasteiger partial charge in [0.2, 0.25) is 10.0 Å². The van der Waals surface area contributed by atoms with E-state index in [1.165, 1.54) is 4.31 Å². The number of benzene rings is 2. The van der Waals surface area contributed by atoms with Gasteiger partial charge >= 0.3 is 6.09 Å². The summed E-state index contributed by atoms with van der Waals surface area (Å²) in [4.78, 5) is 13.9. The maximum atomic E-state index is 12.6. The van der Waals surface area contributed by atoms with E-state index in [-0.39, 0.29) is 24.6 Å². The summed E-state index contributed by atoms with van der Waals surface area (Å²) >= 11 is 0. The number of nitrogens with zero attached hydrogens (tertiary/aromatic N) is 2. The molecule has 0 saturated carbocycles. The molecular weight excluding hydrogens is 340 g/mol. The quantitative estimate of drug-likeness (QED) is 0.839. The van der Waals surface area contributed by atoms with E-state index in [1.807, 2.05) is 30.3 Å². The summed E-state index contributed by atoms with van der Waals surface area (Å²) in [6.07, 6.45) is -0.416. The SMILES string of the molecule is O=C(OCc1ccccc1)N1CCN(S(=O)(=O)c2ccccc2)CC1. The van der Waals surface area contributed by atoms with Gasteiger partial charge in [0.15, 0.2) is 0 Å². The number of amides is 1. The van der Waals surface area contributed by atoms with Gasteiger partial charge < -0.3 is 9.64 Å². The van der Waals surface area contributed by atoms with E-state index in [4.69, 9.17) is 4.74 Å². The van der Waals surface area contributed by atoms with Gasteiger partial charge in [-0.25, -0.2) is 13.2 Å². The van der Waals surface area contributed by atoms with E-state index in [0.29, 0.717) is 13.1 Å². The lowest BCUT2D eigenvalue weighted by molar-refractivity contribution is 0.0838. The monoisotopic (exact) mass is 360 g/mol. The Bertz CT molecular complexity index is 801. The zero-order valence-electron chi connectivity index (χ0n) is 13.7. The van der Waals surface area contributed by atoms with Gasteiger partial charge in [0, 0.05) is 26.2 Å². The number of hydrogen-bond acceptors (Lipinski definition) is 4. The number of carbonyl (C=O) groups is 1. The van der Waals surface area contributed by atoms with Crippen LogP contribution in [0.15, 0.2) is 65.6 Å². The molecule has 1 saturated heterocycles. The summed E-state index contributed by atoms with van der Waals surface area (Å²) in [5, 5.41) is 0. The van der Waals surface area contributed by atoms with E-state index >= 15 is 0 Å². The summed E-state index contributed by atoms with van der Waals surface area (Å²) < 4.78 is 31.8. The predicted molar refractivity (Wildman–Crippen MR) is 93.4 cm³/mol. The predicted octanol–water partition coefficient (Wildman–Crippen LogP) is 2.33. The van der Waals surface area contributed by atoms with Crippen molar-refractivity contribution < 1.29 is 17.9 Å². The van der Waals surface area contributed by atoms with Crippen LogP contribution in [0.1, 0.15) is 5.56 Å². The molecule has 1 aliphatic rings. The smallest absolute Gasteiger partial charge is 0.410 e. The average Bonchev–Trinajstić information content (AvgIpc) is 2.68. The highest BCUT2D eigenvalue weighted by Gasteiger charge is 2.30. The van der Waals surface area contributed by atoms with E-state index in [1.54, 1.807) is 35.2 Å². The zero-order valence-corrected chi connectivity index (χ0v) is 14.6. The second-order valence-electron chi connectivity index (χ2n) is 5.74. The Labute approximate surface area is 147 Å². The normalized spacial score (nSPS) is 15.8. The summed E-state index contributed by atoms with van der Waals surface area (Å²) in [5.74, 6) is 0. The first kappa shape index (κ1) is 17.4. The van der Waals surface area contributed by atoms with Gasteiger partial charge in [0.1, 0.15) is 6.61 Å². The molecule has 25 heavy (non-hydrogen) atoms. The van der Waals surface area contributed by atoms with Crippen LogP contribution in [0.3, 0.4) is 0 Å². The van der Waals surface area contributed by atoms with Crippen molar-refractivity contribution in [3.05, 3.63) is 66.2 Å². The number of hydrogen-bond donors (Lipinski definition) is 0. The van der Waals surface area contributed by atoms with Crippen molar-refractivity contribution in [2.45, 2.75) is 11.5 Å². The number of rotatable bonds is 4. The topological polar surface area (TPSA) is 66.9 Å². The highest BCUT2D eigenvalue weighted by Crippen LogP contribution is 2.17. The van der Waals surface area contributed by atoms with Crippen LogP contribution in [0, 0.1) is 0 Å². The largest absolute Gasteiger partial charge is 0.445 e. The molecule has 0 unspecified atom stereocenters. The molecular formula is C18H20N2O4S. The summed E-state index contributed by atoms with van der Waals surface area (Å²) in [6.45, 7) is 1.37. The third kappa shape index (κ3) is 4.18. The van der Waals surface area contributed by atoms with E-state index in [2.05, 4.69) is 0 Å². The molecule has 0 aliphatic carbocycles. The Kier molecular flexibility index (Phi) is 5.35. The molecule has 0 atom stereocenters. The van der Waals surface area contributed by atoms with Crippen molar-refractivity contribution in [1.82, 2.24) is 9.21 Å². The standard InChI is InChI=1S/C18H20N2O4S/c21-18(24-15-16-7-3-1-4-8-16)19-11-13-20(14-12-19)25(22,23)17-9-5-2-6-10-17/h1-10H,11-15H2. The Balaban J connectivity index is 1.54. The van der Waals surface area contributed by atoms with Crippen molar-refractivity contribution >= 4 is 16.1 Å². The number of sulfonamides is 1. The fourth-order valence-electron chi connectivity index (χ4n) is 2.66. The molecule has 0 bridgehead atoms. The number of carbonyl (C=O) groups excluding carboxylic acids is 1.